The summed E-state index contributed by atoms with van der Waals surface area (Å²) >= 11 is 0. The van der Waals surface area contributed by atoms with E-state index in [4.69, 9.17) is 4.74 Å². The number of amides is 2. The molecule has 7 heteroatoms. The molecule has 1 aliphatic carbocycles. The Labute approximate surface area is 171 Å². The lowest BCUT2D eigenvalue weighted by molar-refractivity contribution is -0.122. The van der Waals surface area contributed by atoms with Crippen LogP contribution < -0.4 is 4.90 Å². The maximum absolute atomic E-state index is 12.9. The zero-order chi connectivity index (χ0) is 21.3. The van der Waals surface area contributed by atoms with E-state index in [1.54, 1.807) is 0 Å². The lowest BCUT2D eigenvalue weighted by Gasteiger charge is -2.15. The number of halogens is 1. The van der Waals surface area contributed by atoms with Crippen molar-refractivity contribution >= 4 is 29.3 Å². The maximum Gasteiger partial charge on any atom is 0.338 e. The third-order valence-corrected chi connectivity index (χ3v) is 5.37. The monoisotopic (exact) mass is 407 g/mol. The molecule has 1 aliphatic heterocycles. The Balaban J connectivity index is 1.40. The number of fused-ring (bicyclic) bond motifs is 1. The molecule has 6 nitrogen and oxygen atoms in total. The number of Topliss-reactive ketones (excluding diaryl/α,β-unsaturated/α-hetero) is 1. The van der Waals surface area contributed by atoms with Crippen molar-refractivity contribution in [3.8, 4) is 0 Å². The number of ether oxygens (including phenoxy) is 1. The molecule has 2 amide bonds. The fraction of sp³-hybridized carbons (Fsp3) is 0.217. The molecular formula is C23H18FNO5. The summed E-state index contributed by atoms with van der Waals surface area (Å²) in [5.74, 6) is -2.74. The van der Waals surface area contributed by atoms with Crippen molar-refractivity contribution in [1.29, 1.82) is 0 Å². The molecule has 0 saturated carbocycles. The zero-order valence-corrected chi connectivity index (χ0v) is 15.9. The Morgan fingerprint density at radius 3 is 1.97 bits per heavy atom. The smallest absolute Gasteiger partial charge is 0.338 e. The largest absolute Gasteiger partial charge is 0.454 e. The average Bonchev–Trinajstić information content (AvgIpc) is 3.03. The number of esters is 1. The van der Waals surface area contributed by atoms with Crippen LogP contribution in [0.25, 0.3) is 0 Å². The number of carbonyl (C=O) groups is 4. The molecule has 0 aromatic heterocycles. The summed E-state index contributed by atoms with van der Waals surface area (Å²) in [4.78, 5) is 50.7. The molecule has 0 bridgehead atoms. The third-order valence-electron chi connectivity index (χ3n) is 5.37. The number of rotatable bonds is 5. The van der Waals surface area contributed by atoms with Crippen LogP contribution >= 0.6 is 0 Å². The van der Waals surface area contributed by atoms with Crippen LogP contribution in [0, 0.1) is 17.7 Å². The Kier molecular flexibility index (Phi) is 5.27. The van der Waals surface area contributed by atoms with Gasteiger partial charge in [0.2, 0.25) is 11.8 Å². The highest BCUT2D eigenvalue weighted by Crippen LogP contribution is 2.37. The van der Waals surface area contributed by atoms with Crippen molar-refractivity contribution in [3.05, 3.63) is 77.6 Å². The minimum Gasteiger partial charge on any atom is -0.454 e. The summed E-state index contributed by atoms with van der Waals surface area (Å²) in [6.45, 7) is -0.480. The van der Waals surface area contributed by atoms with Crippen molar-refractivity contribution < 1.29 is 28.3 Å². The Morgan fingerprint density at radius 2 is 1.40 bits per heavy atom. The molecule has 2 unspecified atom stereocenters. The van der Waals surface area contributed by atoms with Gasteiger partial charge in [0.15, 0.2) is 12.4 Å². The summed E-state index contributed by atoms with van der Waals surface area (Å²) in [5.41, 5.74) is 0.823. The maximum atomic E-state index is 12.9. The predicted octanol–water partition coefficient (Wildman–Crippen LogP) is 3.32. The molecule has 2 aromatic rings. The number of imide groups is 1. The van der Waals surface area contributed by atoms with Crippen molar-refractivity contribution in [1.82, 2.24) is 0 Å². The molecule has 0 spiro atoms. The fourth-order valence-electron chi connectivity index (χ4n) is 3.73. The quantitative estimate of drug-likeness (QED) is 0.329. The summed E-state index contributed by atoms with van der Waals surface area (Å²) in [6, 6.07) is 10.9. The number of hydrogen-bond donors (Lipinski definition) is 0. The van der Waals surface area contributed by atoms with E-state index < -0.39 is 24.2 Å². The van der Waals surface area contributed by atoms with E-state index in [2.05, 4.69) is 0 Å². The number of nitrogens with zero attached hydrogens (tertiary/aromatic N) is 1. The first-order chi connectivity index (χ1) is 14.5. The van der Waals surface area contributed by atoms with E-state index >= 15 is 0 Å². The number of ketones is 1. The van der Waals surface area contributed by atoms with E-state index in [0.717, 1.165) is 12.1 Å². The Morgan fingerprint density at radius 1 is 0.867 bits per heavy atom. The number of carbonyl (C=O) groups excluding carboxylic acids is 4. The van der Waals surface area contributed by atoms with Gasteiger partial charge in [0, 0.05) is 5.56 Å². The van der Waals surface area contributed by atoms with Crippen LogP contribution in [0.15, 0.2) is 60.7 Å². The topological polar surface area (TPSA) is 80.8 Å². The van der Waals surface area contributed by atoms with Crippen LogP contribution in [0.1, 0.15) is 33.6 Å². The first-order valence-electron chi connectivity index (χ1n) is 9.54. The van der Waals surface area contributed by atoms with Crippen LogP contribution in [-0.4, -0.2) is 30.2 Å². The van der Waals surface area contributed by atoms with Gasteiger partial charge in [0.25, 0.3) is 0 Å². The molecule has 1 fully saturated rings. The second-order valence-electron chi connectivity index (χ2n) is 7.22. The molecule has 4 rings (SSSR count). The van der Waals surface area contributed by atoms with Gasteiger partial charge in [-0.15, -0.1) is 0 Å². The van der Waals surface area contributed by atoms with Gasteiger partial charge in [-0.1, -0.05) is 12.2 Å². The van der Waals surface area contributed by atoms with Gasteiger partial charge in [0.05, 0.1) is 23.1 Å². The van der Waals surface area contributed by atoms with Crippen LogP contribution in [0.3, 0.4) is 0 Å². The molecule has 2 atom stereocenters. The van der Waals surface area contributed by atoms with Gasteiger partial charge < -0.3 is 4.74 Å². The molecule has 0 radical (unpaired) electrons. The normalized spacial score (nSPS) is 20.2. The van der Waals surface area contributed by atoms with Crippen LogP contribution in [0.5, 0.6) is 0 Å². The zero-order valence-electron chi connectivity index (χ0n) is 15.9. The van der Waals surface area contributed by atoms with Gasteiger partial charge in [-0.05, 0) is 61.4 Å². The van der Waals surface area contributed by atoms with Gasteiger partial charge >= 0.3 is 5.97 Å². The minimum atomic E-state index is -0.714. The summed E-state index contributed by atoms with van der Waals surface area (Å²) in [6.07, 6.45) is 4.95. The fourth-order valence-corrected chi connectivity index (χ4v) is 3.73. The van der Waals surface area contributed by atoms with Gasteiger partial charge in [0.1, 0.15) is 5.82 Å². The molecule has 1 heterocycles. The Hall–Kier alpha value is -3.61. The van der Waals surface area contributed by atoms with Crippen molar-refractivity contribution in [2.75, 3.05) is 11.5 Å². The first kappa shape index (κ1) is 19.7. The summed E-state index contributed by atoms with van der Waals surface area (Å²) < 4.78 is 17.9. The number of anilines is 1. The minimum absolute atomic E-state index is 0.184. The van der Waals surface area contributed by atoms with Crippen LogP contribution in [0.4, 0.5) is 10.1 Å². The molecule has 30 heavy (non-hydrogen) atoms. The van der Waals surface area contributed by atoms with Crippen molar-refractivity contribution in [3.63, 3.8) is 0 Å². The van der Waals surface area contributed by atoms with E-state index in [1.807, 2.05) is 12.2 Å². The Bertz CT molecular complexity index is 1020. The molecule has 0 N–H and O–H groups in total. The van der Waals surface area contributed by atoms with E-state index in [1.165, 1.54) is 41.3 Å². The second kappa shape index (κ2) is 8.02. The van der Waals surface area contributed by atoms with Crippen LogP contribution in [0.2, 0.25) is 0 Å². The van der Waals surface area contributed by atoms with E-state index in [0.29, 0.717) is 18.5 Å². The van der Waals surface area contributed by atoms with Crippen molar-refractivity contribution in [2.24, 2.45) is 11.8 Å². The molecular weight excluding hydrogens is 389 g/mol. The summed E-state index contributed by atoms with van der Waals surface area (Å²) in [7, 11) is 0. The van der Waals surface area contributed by atoms with Gasteiger partial charge in [-0.3, -0.25) is 19.3 Å². The molecule has 1 saturated heterocycles. The standard InChI is InChI=1S/C23H18FNO5/c24-16-9-5-14(6-10-16)20(26)13-30-23(29)15-7-11-17(12-8-15)25-21(27)18-3-1-2-4-19(18)22(25)28/h1-2,5-12,18-19H,3-4,13H2. The molecule has 152 valence electrons. The van der Waals surface area contributed by atoms with Crippen molar-refractivity contribution in [2.45, 2.75) is 12.8 Å². The number of allylic oxidation sites excluding steroid dienone is 2. The van der Waals surface area contributed by atoms with Gasteiger partial charge in [-0.2, -0.15) is 0 Å². The van der Waals surface area contributed by atoms with Crippen LogP contribution in [-0.2, 0) is 14.3 Å². The highest BCUT2D eigenvalue weighted by Gasteiger charge is 2.47. The summed E-state index contributed by atoms with van der Waals surface area (Å²) in [5, 5.41) is 0. The highest BCUT2D eigenvalue weighted by molar-refractivity contribution is 6.22. The number of benzene rings is 2. The molecule has 2 aromatic carbocycles. The SMILES string of the molecule is O=C(COC(=O)c1ccc(N2C(=O)C3CC=CCC3C2=O)cc1)c1ccc(F)cc1. The average molecular weight is 407 g/mol. The highest BCUT2D eigenvalue weighted by atomic mass is 19.1. The van der Waals surface area contributed by atoms with Gasteiger partial charge in [-0.25, -0.2) is 9.18 Å². The third kappa shape index (κ3) is 3.66. The van der Waals surface area contributed by atoms with E-state index in [9.17, 15) is 23.6 Å². The first-order valence-corrected chi connectivity index (χ1v) is 9.54. The lowest BCUT2D eigenvalue weighted by atomic mass is 9.85. The molecule has 2 aliphatic rings. The second-order valence-corrected chi connectivity index (χ2v) is 7.22. The lowest BCUT2D eigenvalue weighted by Crippen LogP contribution is -2.30. The van der Waals surface area contributed by atoms with E-state index in [-0.39, 0.29) is 34.8 Å². The predicted molar refractivity (Wildman–Crippen MR) is 105 cm³/mol. The number of hydrogen-bond acceptors (Lipinski definition) is 5.